The van der Waals surface area contributed by atoms with Crippen molar-refractivity contribution >= 4 is 22.8 Å². The Bertz CT molecular complexity index is 1330. The smallest absolute Gasteiger partial charge is 0.339 e. The predicted octanol–water partition coefficient (Wildman–Crippen LogP) is 4.09. The molecule has 3 heterocycles. The molecule has 166 valence electrons. The molecule has 1 amide bonds. The lowest BCUT2D eigenvalue weighted by Gasteiger charge is -2.15. The molecule has 33 heavy (non-hydrogen) atoms. The van der Waals surface area contributed by atoms with Crippen LogP contribution in [0.25, 0.3) is 22.4 Å². The first-order valence-electron chi connectivity index (χ1n) is 10.4. The van der Waals surface area contributed by atoms with Crippen molar-refractivity contribution in [2.75, 3.05) is 6.79 Å². The fraction of sp³-hybridized carbons (Fsp3) is 0.160. The fourth-order valence-electron chi connectivity index (χ4n) is 3.56. The Labute approximate surface area is 189 Å². The van der Waals surface area contributed by atoms with E-state index in [2.05, 4.69) is 10.3 Å². The first-order chi connectivity index (χ1) is 16.1. The van der Waals surface area contributed by atoms with Crippen molar-refractivity contribution < 1.29 is 28.2 Å². The number of aromatic nitrogens is 1. The van der Waals surface area contributed by atoms with Gasteiger partial charge in [-0.25, -0.2) is 9.78 Å². The number of carbonyl (C=O) groups is 2. The zero-order chi connectivity index (χ0) is 22.8. The second-order valence-corrected chi connectivity index (χ2v) is 7.50. The lowest BCUT2D eigenvalue weighted by molar-refractivity contribution is -0.129. The molecular weight excluding hydrogens is 424 g/mol. The topological polar surface area (TPSA) is 99.9 Å². The highest BCUT2D eigenvalue weighted by Crippen LogP contribution is 2.32. The highest BCUT2D eigenvalue weighted by molar-refractivity contribution is 6.05. The van der Waals surface area contributed by atoms with Crippen LogP contribution in [0.3, 0.4) is 0 Å². The van der Waals surface area contributed by atoms with Crippen LogP contribution in [0.5, 0.6) is 11.5 Å². The number of amides is 1. The summed E-state index contributed by atoms with van der Waals surface area (Å²) in [5, 5.41) is 3.41. The van der Waals surface area contributed by atoms with E-state index in [1.807, 2.05) is 18.2 Å². The quantitative estimate of drug-likeness (QED) is 0.447. The molecule has 0 radical (unpaired) electrons. The van der Waals surface area contributed by atoms with Crippen molar-refractivity contribution in [3.05, 3.63) is 78.1 Å². The minimum Gasteiger partial charge on any atom is -0.463 e. The first-order valence-corrected chi connectivity index (χ1v) is 10.4. The fourth-order valence-corrected chi connectivity index (χ4v) is 3.56. The summed E-state index contributed by atoms with van der Waals surface area (Å²) in [5.74, 6) is 0.811. The number of ether oxygens (including phenoxy) is 3. The number of furan rings is 1. The maximum absolute atomic E-state index is 13.0. The van der Waals surface area contributed by atoms with E-state index in [-0.39, 0.29) is 13.3 Å². The third-order valence-electron chi connectivity index (χ3n) is 5.27. The molecule has 2 aromatic heterocycles. The summed E-state index contributed by atoms with van der Waals surface area (Å²) < 4.78 is 21.6. The molecule has 4 aromatic rings. The molecule has 0 saturated carbocycles. The molecule has 1 aliphatic rings. The average molecular weight is 444 g/mol. The molecule has 1 unspecified atom stereocenters. The van der Waals surface area contributed by atoms with Crippen molar-refractivity contribution in [2.45, 2.75) is 19.6 Å². The summed E-state index contributed by atoms with van der Waals surface area (Å²) in [4.78, 5) is 30.1. The van der Waals surface area contributed by atoms with Gasteiger partial charge in [-0.05, 0) is 48.9 Å². The second kappa shape index (κ2) is 8.66. The van der Waals surface area contributed by atoms with Crippen molar-refractivity contribution in [1.82, 2.24) is 10.3 Å². The van der Waals surface area contributed by atoms with Gasteiger partial charge in [0.25, 0.3) is 5.91 Å². The molecule has 1 aliphatic heterocycles. The van der Waals surface area contributed by atoms with Crippen LogP contribution in [0.15, 0.2) is 71.3 Å². The highest BCUT2D eigenvalue weighted by atomic mass is 16.7. The molecule has 0 bridgehead atoms. The number of fused-ring (bicyclic) bond motifs is 2. The van der Waals surface area contributed by atoms with Gasteiger partial charge in [0.15, 0.2) is 23.4 Å². The van der Waals surface area contributed by atoms with Crippen LogP contribution in [-0.2, 0) is 16.1 Å². The number of hydrogen-bond acceptors (Lipinski definition) is 7. The first kappa shape index (κ1) is 20.6. The van der Waals surface area contributed by atoms with E-state index < -0.39 is 18.0 Å². The SMILES string of the molecule is CC(OC(=O)c1cc(-c2ccco2)nc2ccccc12)C(=O)NCc1ccc2c(c1)OCO2. The summed E-state index contributed by atoms with van der Waals surface area (Å²) in [6.07, 6.45) is 0.544. The molecule has 1 N–H and O–H groups in total. The summed E-state index contributed by atoms with van der Waals surface area (Å²) in [6, 6.07) is 17.8. The van der Waals surface area contributed by atoms with Crippen molar-refractivity contribution in [3.63, 3.8) is 0 Å². The van der Waals surface area contributed by atoms with Gasteiger partial charge in [0.1, 0.15) is 5.69 Å². The Hall–Kier alpha value is -4.33. The van der Waals surface area contributed by atoms with Crippen LogP contribution in [0.2, 0.25) is 0 Å². The van der Waals surface area contributed by atoms with E-state index >= 15 is 0 Å². The minimum atomic E-state index is -0.995. The molecule has 0 saturated heterocycles. The van der Waals surface area contributed by atoms with E-state index in [0.717, 1.165) is 5.56 Å². The molecule has 2 aromatic carbocycles. The lowest BCUT2D eigenvalue weighted by atomic mass is 10.1. The van der Waals surface area contributed by atoms with Gasteiger partial charge >= 0.3 is 5.97 Å². The summed E-state index contributed by atoms with van der Waals surface area (Å²) in [6.45, 7) is 1.98. The van der Waals surface area contributed by atoms with Crippen LogP contribution >= 0.6 is 0 Å². The Kier molecular flexibility index (Phi) is 5.40. The van der Waals surface area contributed by atoms with Gasteiger partial charge in [0.05, 0.1) is 17.3 Å². The van der Waals surface area contributed by atoms with E-state index in [9.17, 15) is 9.59 Å². The van der Waals surface area contributed by atoms with E-state index in [4.69, 9.17) is 18.6 Å². The Morgan fingerprint density at radius 2 is 1.91 bits per heavy atom. The van der Waals surface area contributed by atoms with Crippen LogP contribution in [0.4, 0.5) is 0 Å². The predicted molar refractivity (Wildman–Crippen MR) is 119 cm³/mol. The van der Waals surface area contributed by atoms with Gasteiger partial charge in [-0.2, -0.15) is 0 Å². The normalized spacial score (nSPS) is 13.0. The second-order valence-electron chi connectivity index (χ2n) is 7.50. The standard InChI is InChI=1S/C25H20N2O6/c1-15(24(28)26-13-16-8-9-22-23(11-16)32-14-31-22)33-25(29)18-12-20(21-7-4-10-30-21)27-19-6-3-2-5-17(18)19/h2-12,15H,13-14H2,1H3,(H,26,28). The zero-order valence-corrected chi connectivity index (χ0v) is 17.7. The largest absolute Gasteiger partial charge is 0.463 e. The van der Waals surface area contributed by atoms with Gasteiger partial charge in [0.2, 0.25) is 6.79 Å². The van der Waals surface area contributed by atoms with Gasteiger partial charge < -0.3 is 23.9 Å². The summed E-state index contributed by atoms with van der Waals surface area (Å²) in [5.41, 5.74) is 2.28. The third-order valence-corrected chi connectivity index (χ3v) is 5.27. The number of rotatable bonds is 6. The van der Waals surface area contributed by atoms with Crippen molar-refractivity contribution in [2.24, 2.45) is 0 Å². The third kappa shape index (κ3) is 4.23. The molecule has 8 nitrogen and oxygen atoms in total. The van der Waals surface area contributed by atoms with Crippen LogP contribution in [-0.4, -0.2) is 29.8 Å². The monoisotopic (exact) mass is 444 g/mol. The van der Waals surface area contributed by atoms with Crippen molar-refractivity contribution in [1.29, 1.82) is 0 Å². The van der Waals surface area contributed by atoms with Crippen LogP contribution < -0.4 is 14.8 Å². The Morgan fingerprint density at radius 1 is 1.06 bits per heavy atom. The summed E-state index contributed by atoms with van der Waals surface area (Å²) in [7, 11) is 0. The average Bonchev–Trinajstić information content (AvgIpc) is 3.53. The molecular formula is C25H20N2O6. The van der Waals surface area contributed by atoms with Gasteiger partial charge in [-0.3, -0.25) is 4.79 Å². The number of pyridine rings is 1. The Morgan fingerprint density at radius 3 is 2.76 bits per heavy atom. The molecule has 1 atom stereocenters. The number of carbonyl (C=O) groups excluding carboxylic acids is 2. The minimum absolute atomic E-state index is 0.184. The summed E-state index contributed by atoms with van der Waals surface area (Å²) >= 11 is 0. The zero-order valence-electron chi connectivity index (χ0n) is 17.7. The van der Waals surface area contributed by atoms with Gasteiger partial charge in [-0.15, -0.1) is 0 Å². The van der Waals surface area contributed by atoms with E-state index in [1.165, 1.54) is 13.2 Å². The van der Waals surface area contributed by atoms with Gasteiger partial charge in [0, 0.05) is 11.9 Å². The van der Waals surface area contributed by atoms with Gasteiger partial charge in [-0.1, -0.05) is 24.3 Å². The lowest BCUT2D eigenvalue weighted by Crippen LogP contribution is -2.35. The molecule has 0 aliphatic carbocycles. The molecule has 8 heteroatoms. The number of hydrogen-bond donors (Lipinski definition) is 1. The molecule has 0 fully saturated rings. The van der Waals surface area contributed by atoms with Crippen LogP contribution in [0.1, 0.15) is 22.8 Å². The molecule has 5 rings (SSSR count). The number of para-hydroxylation sites is 1. The Balaban J connectivity index is 1.30. The molecule has 0 spiro atoms. The van der Waals surface area contributed by atoms with Crippen molar-refractivity contribution in [3.8, 4) is 23.0 Å². The maximum Gasteiger partial charge on any atom is 0.339 e. The number of esters is 1. The van der Waals surface area contributed by atoms with E-state index in [0.29, 0.717) is 39.4 Å². The maximum atomic E-state index is 13.0. The van der Waals surface area contributed by atoms with E-state index in [1.54, 1.807) is 42.5 Å². The number of nitrogens with one attached hydrogen (secondary N) is 1. The highest BCUT2D eigenvalue weighted by Gasteiger charge is 2.22. The van der Waals surface area contributed by atoms with Crippen LogP contribution in [0, 0.1) is 0 Å². The number of nitrogens with zero attached hydrogens (tertiary/aromatic N) is 1. The number of benzene rings is 2.